The van der Waals surface area contributed by atoms with Crippen LogP contribution in [0.4, 0.5) is 11.5 Å². The maximum Gasteiger partial charge on any atom is 0.224 e. The lowest BCUT2D eigenvalue weighted by Gasteiger charge is -2.12. The number of nitrogens with zero attached hydrogens (tertiary/aromatic N) is 2. The lowest BCUT2D eigenvalue weighted by molar-refractivity contribution is 1.21. The molecule has 3 rings (SSSR count). The zero-order valence-corrected chi connectivity index (χ0v) is 12.1. The first-order chi connectivity index (χ1) is 9.65. The van der Waals surface area contributed by atoms with Gasteiger partial charge in [-0.1, -0.05) is 30.3 Å². The number of para-hydroxylation sites is 2. The van der Waals surface area contributed by atoms with Crippen LogP contribution in [0.15, 0.2) is 42.5 Å². The third kappa shape index (κ3) is 2.32. The molecule has 0 spiro atoms. The zero-order chi connectivity index (χ0) is 14.1. The van der Waals surface area contributed by atoms with Gasteiger partial charge < -0.3 is 5.32 Å². The fourth-order valence-corrected chi connectivity index (χ4v) is 2.37. The molecular formula is C16H14ClN3. The molecule has 0 saturated heterocycles. The van der Waals surface area contributed by atoms with E-state index in [-0.39, 0.29) is 5.28 Å². The van der Waals surface area contributed by atoms with E-state index >= 15 is 0 Å². The summed E-state index contributed by atoms with van der Waals surface area (Å²) in [6.45, 7) is 4.07. The largest absolute Gasteiger partial charge is 0.339 e. The molecule has 0 aliphatic rings. The Morgan fingerprint density at radius 2 is 1.65 bits per heavy atom. The molecule has 0 unspecified atom stereocenters. The third-order valence-electron chi connectivity index (χ3n) is 3.30. The Morgan fingerprint density at radius 3 is 2.45 bits per heavy atom. The highest BCUT2D eigenvalue weighted by atomic mass is 35.5. The molecule has 0 aliphatic carbocycles. The highest BCUT2D eigenvalue weighted by molar-refractivity contribution is 6.28. The van der Waals surface area contributed by atoms with Crippen molar-refractivity contribution in [2.24, 2.45) is 0 Å². The molecule has 0 aliphatic heterocycles. The number of anilines is 2. The van der Waals surface area contributed by atoms with Gasteiger partial charge in [-0.25, -0.2) is 4.98 Å². The lowest BCUT2D eigenvalue weighted by Crippen LogP contribution is -1.99. The Kier molecular flexibility index (Phi) is 3.28. The van der Waals surface area contributed by atoms with Crippen LogP contribution in [-0.4, -0.2) is 9.97 Å². The molecular weight excluding hydrogens is 270 g/mol. The SMILES string of the molecule is Cc1ccccc1Nc1nc(Cl)nc2c(C)cccc12. The van der Waals surface area contributed by atoms with Gasteiger partial charge >= 0.3 is 0 Å². The summed E-state index contributed by atoms with van der Waals surface area (Å²) in [4.78, 5) is 8.64. The summed E-state index contributed by atoms with van der Waals surface area (Å²) < 4.78 is 0. The van der Waals surface area contributed by atoms with Crippen LogP contribution < -0.4 is 5.32 Å². The Morgan fingerprint density at radius 1 is 0.900 bits per heavy atom. The number of nitrogens with one attached hydrogen (secondary N) is 1. The standard InChI is InChI=1S/C16H14ClN3/c1-10-6-3-4-9-13(10)18-15-12-8-5-7-11(2)14(12)19-16(17)20-15/h3-9H,1-2H3,(H,18,19,20). The van der Waals surface area contributed by atoms with Gasteiger partial charge in [-0.05, 0) is 48.7 Å². The smallest absolute Gasteiger partial charge is 0.224 e. The Bertz CT molecular complexity index is 784. The summed E-state index contributed by atoms with van der Waals surface area (Å²) in [5.74, 6) is 0.734. The first-order valence-corrected chi connectivity index (χ1v) is 6.78. The monoisotopic (exact) mass is 283 g/mol. The molecule has 0 radical (unpaired) electrons. The van der Waals surface area contributed by atoms with Crippen LogP contribution in [0.2, 0.25) is 5.28 Å². The molecule has 0 bridgehead atoms. The van der Waals surface area contributed by atoms with Crippen LogP contribution in [-0.2, 0) is 0 Å². The van der Waals surface area contributed by atoms with E-state index < -0.39 is 0 Å². The molecule has 2 aromatic carbocycles. The molecule has 1 aromatic heterocycles. The summed E-state index contributed by atoms with van der Waals surface area (Å²) in [5.41, 5.74) is 4.14. The van der Waals surface area contributed by atoms with E-state index in [1.54, 1.807) is 0 Å². The van der Waals surface area contributed by atoms with Crippen molar-refractivity contribution < 1.29 is 0 Å². The van der Waals surface area contributed by atoms with Crippen LogP contribution >= 0.6 is 11.6 Å². The minimum Gasteiger partial charge on any atom is -0.339 e. The second-order valence-electron chi connectivity index (χ2n) is 4.75. The number of aromatic nitrogens is 2. The minimum absolute atomic E-state index is 0.253. The van der Waals surface area contributed by atoms with Crippen LogP contribution in [0, 0.1) is 13.8 Å². The quantitative estimate of drug-likeness (QED) is 0.696. The average Bonchev–Trinajstić information content (AvgIpc) is 2.42. The third-order valence-corrected chi connectivity index (χ3v) is 3.47. The Hall–Kier alpha value is -2.13. The molecule has 0 atom stereocenters. The molecule has 20 heavy (non-hydrogen) atoms. The first kappa shape index (κ1) is 12.9. The van der Waals surface area contributed by atoms with Gasteiger partial charge in [0.15, 0.2) is 0 Å². The molecule has 1 heterocycles. The Labute approximate surface area is 122 Å². The highest BCUT2D eigenvalue weighted by Gasteiger charge is 2.09. The average molecular weight is 284 g/mol. The number of halogens is 1. The van der Waals surface area contributed by atoms with Gasteiger partial charge in [0.05, 0.1) is 5.52 Å². The number of aryl methyl sites for hydroxylation is 2. The molecule has 0 saturated carbocycles. The van der Waals surface area contributed by atoms with E-state index in [0.29, 0.717) is 0 Å². The maximum absolute atomic E-state index is 6.04. The Balaban J connectivity index is 2.17. The van der Waals surface area contributed by atoms with Crippen molar-refractivity contribution in [3.63, 3.8) is 0 Å². The predicted molar refractivity (Wildman–Crippen MR) is 83.7 cm³/mol. The lowest BCUT2D eigenvalue weighted by atomic mass is 10.1. The van der Waals surface area contributed by atoms with Gasteiger partial charge in [0, 0.05) is 11.1 Å². The van der Waals surface area contributed by atoms with Crippen molar-refractivity contribution in [2.75, 3.05) is 5.32 Å². The van der Waals surface area contributed by atoms with Crippen LogP contribution in [0.3, 0.4) is 0 Å². The van der Waals surface area contributed by atoms with Gasteiger partial charge in [0.25, 0.3) is 0 Å². The van der Waals surface area contributed by atoms with E-state index in [1.165, 1.54) is 0 Å². The zero-order valence-electron chi connectivity index (χ0n) is 11.3. The first-order valence-electron chi connectivity index (χ1n) is 6.40. The van der Waals surface area contributed by atoms with Crippen molar-refractivity contribution in [3.05, 3.63) is 58.9 Å². The normalized spacial score (nSPS) is 10.8. The molecule has 0 amide bonds. The maximum atomic E-state index is 6.04. The number of benzene rings is 2. The van der Waals surface area contributed by atoms with E-state index in [2.05, 4.69) is 28.3 Å². The highest BCUT2D eigenvalue weighted by Crippen LogP contribution is 2.28. The van der Waals surface area contributed by atoms with E-state index in [0.717, 1.165) is 33.5 Å². The van der Waals surface area contributed by atoms with Crippen LogP contribution in [0.5, 0.6) is 0 Å². The van der Waals surface area contributed by atoms with Gasteiger partial charge in [0.2, 0.25) is 5.28 Å². The molecule has 3 nitrogen and oxygen atoms in total. The van der Waals surface area contributed by atoms with Gasteiger partial charge in [-0.2, -0.15) is 4.98 Å². The second kappa shape index (κ2) is 5.10. The summed E-state index contributed by atoms with van der Waals surface area (Å²) in [6, 6.07) is 14.1. The number of rotatable bonds is 2. The number of hydrogen-bond acceptors (Lipinski definition) is 3. The summed E-state index contributed by atoms with van der Waals surface area (Å²) in [7, 11) is 0. The molecule has 3 aromatic rings. The number of fused-ring (bicyclic) bond motifs is 1. The molecule has 0 fully saturated rings. The topological polar surface area (TPSA) is 37.8 Å². The second-order valence-corrected chi connectivity index (χ2v) is 5.09. The van der Waals surface area contributed by atoms with E-state index in [9.17, 15) is 0 Å². The van der Waals surface area contributed by atoms with Gasteiger partial charge in [-0.15, -0.1) is 0 Å². The summed E-state index contributed by atoms with van der Waals surface area (Å²) in [5, 5.41) is 4.57. The van der Waals surface area contributed by atoms with E-state index in [4.69, 9.17) is 11.6 Å². The van der Waals surface area contributed by atoms with E-state index in [1.807, 2.05) is 43.3 Å². The predicted octanol–water partition coefficient (Wildman–Crippen LogP) is 4.64. The van der Waals surface area contributed by atoms with Gasteiger partial charge in [-0.3, -0.25) is 0 Å². The number of hydrogen-bond donors (Lipinski definition) is 1. The van der Waals surface area contributed by atoms with Crippen LogP contribution in [0.25, 0.3) is 10.9 Å². The van der Waals surface area contributed by atoms with Gasteiger partial charge in [0.1, 0.15) is 5.82 Å². The molecule has 100 valence electrons. The summed E-state index contributed by atoms with van der Waals surface area (Å²) in [6.07, 6.45) is 0. The molecule has 4 heteroatoms. The van der Waals surface area contributed by atoms with Crippen molar-refractivity contribution in [2.45, 2.75) is 13.8 Å². The molecule has 1 N–H and O–H groups in total. The van der Waals surface area contributed by atoms with Crippen molar-refractivity contribution in [1.82, 2.24) is 9.97 Å². The van der Waals surface area contributed by atoms with Crippen molar-refractivity contribution in [1.29, 1.82) is 0 Å². The summed E-state index contributed by atoms with van der Waals surface area (Å²) >= 11 is 6.04. The van der Waals surface area contributed by atoms with Crippen molar-refractivity contribution in [3.8, 4) is 0 Å². The minimum atomic E-state index is 0.253. The van der Waals surface area contributed by atoms with Crippen molar-refractivity contribution >= 4 is 34.0 Å². The van der Waals surface area contributed by atoms with Crippen LogP contribution in [0.1, 0.15) is 11.1 Å². The fourth-order valence-electron chi connectivity index (χ4n) is 2.20. The fraction of sp³-hybridized carbons (Fsp3) is 0.125.